The fourth-order valence-corrected chi connectivity index (χ4v) is 2.26. The van der Waals surface area contributed by atoms with Crippen molar-refractivity contribution in [3.05, 3.63) is 69.8 Å². The van der Waals surface area contributed by atoms with Crippen LogP contribution in [0.4, 0.5) is 11.4 Å². The van der Waals surface area contributed by atoms with Crippen molar-refractivity contribution in [3.8, 4) is 0 Å². The van der Waals surface area contributed by atoms with E-state index >= 15 is 0 Å². The van der Waals surface area contributed by atoms with Gasteiger partial charge in [0.1, 0.15) is 0 Å². The molecule has 2 N–H and O–H groups in total. The van der Waals surface area contributed by atoms with Gasteiger partial charge in [-0.1, -0.05) is 32.0 Å². The summed E-state index contributed by atoms with van der Waals surface area (Å²) in [5.41, 5.74) is 2.01. The summed E-state index contributed by atoms with van der Waals surface area (Å²) >= 11 is 5.08. The van der Waals surface area contributed by atoms with Gasteiger partial charge in [-0.15, -0.1) is 0 Å². The Kier molecular flexibility index (Phi) is 5.59. The number of nitro groups is 1. The maximum atomic E-state index is 12.2. The molecule has 1 amide bonds. The highest BCUT2D eigenvalue weighted by Crippen LogP contribution is 2.17. The second-order valence-corrected chi connectivity index (χ2v) is 5.90. The second kappa shape index (κ2) is 7.65. The van der Waals surface area contributed by atoms with Crippen molar-refractivity contribution in [2.45, 2.75) is 19.8 Å². The van der Waals surface area contributed by atoms with Crippen LogP contribution < -0.4 is 10.6 Å². The first-order chi connectivity index (χ1) is 11.4. The summed E-state index contributed by atoms with van der Waals surface area (Å²) in [6.45, 7) is 4.15. The van der Waals surface area contributed by atoms with E-state index < -0.39 is 4.92 Å². The summed E-state index contributed by atoms with van der Waals surface area (Å²) in [6, 6.07) is 13.2. The number of hydrogen-bond acceptors (Lipinski definition) is 4. The Labute approximate surface area is 145 Å². The Hall–Kier alpha value is -2.80. The lowest BCUT2D eigenvalue weighted by molar-refractivity contribution is -0.384. The fraction of sp³-hybridized carbons (Fsp3) is 0.176. The molecule has 0 spiro atoms. The molecule has 0 saturated carbocycles. The van der Waals surface area contributed by atoms with Gasteiger partial charge in [-0.2, -0.15) is 0 Å². The molecule has 0 aliphatic heterocycles. The highest BCUT2D eigenvalue weighted by atomic mass is 32.1. The van der Waals surface area contributed by atoms with Crippen molar-refractivity contribution in [2.24, 2.45) is 0 Å². The van der Waals surface area contributed by atoms with E-state index in [1.807, 2.05) is 12.1 Å². The predicted molar refractivity (Wildman–Crippen MR) is 97.3 cm³/mol. The Morgan fingerprint density at radius 3 is 2.42 bits per heavy atom. The van der Waals surface area contributed by atoms with E-state index in [4.69, 9.17) is 12.2 Å². The molecule has 0 heterocycles. The molecular formula is C17H17N3O3S. The highest BCUT2D eigenvalue weighted by Gasteiger charge is 2.10. The van der Waals surface area contributed by atoms with Crippen molar-refractivity contribution in [2.75, 3.05) is 5.32 Å². The van der Waals surface area contributed by atoms with Crippen LogP contribution in [0.3, 0.4) is 0 Å². The zero-order valence-electron chi connectivity index (χ0n) is 13.3. The van der Waals surface area contributed by atoms with Gasteiger partial charge >= 0.3 is 0 Å². The molecule has 2 aromatic carbocycles. The van der Waals surface area contributed by atoms with Gasteiger partial charge in [0.25, 0.3) is 11.6 Å². The van der Waals surface area contributed by atoms with Crippen LogP contribution in [0, 0.1) is 10.1 Å². The first kappa shape index (κ1) is 17.6. The maximum Gasteiger partial charge on any atom is 0.271 e. The molecule has 24 heavy (non-hydrogen) atoms. The number of carbonyl (C=O) groups excluding carboxylic acids is 1. The topological polar surface area (TPSA) is 84.3 Å². The number of anilines is 1. The Morgan fingerprint density at radius 1 is 1.17 bits per heavy atom. The van der Waals surface area contributed by atoms with Crippen molar-refractivity contribution in [1.82, 2.24) is 5.32 Å². The third-order valence-corrected chi connectivity index (χ3v) is 3.59. The van der Waals surface area contributed by atoms with E-state index in [9.17, 15) is 14.9 Å². The SMILES string of the molecule is CC(C)c1ccc(C(=O)NC(=S)Nc2cccc([N+](=O)[O-])c2)cc1. The molecule has 6 nitrogen and oxygen atoms in total. The normalized spacial score (nSPS) is 10.3. The van der Waals surface area contributed by atoms with Gasteiger partial charge in [-0.3, -0.25) is 20.2 Å². The Balaban J connectivity index is 2.00. The van der Waals surface area contributed by atoms with Gasteiger partial charge in [-0.25, -0.2) is 0 Å². The molecule has 2 aromatic rings. The molecule has 0 saturated heterocycles. The fourth-order valence-electron chi connectivity index (χ4n) is 2.05. The Morgan fingerprint density at radius 2 is 1.83 bits per heavy atom. The second-order valence-electron chi connectivity index (χ2n) is 5.49. The van der Waals surface area contributed by atoms with Gasteiger partial charge < -0.3 is 5.32 Å². The van der Waals surface area contributed by atoms with Crippen LogP contribution in [-0.4, -0.2) is 15.9 Å². The first-order valence-electron chi connectivity index (χ1n) is 7.33. The minimum atomic E-state index is -0.497. The van der Waals surface area contributed by atoms with E-state index in [0.29, 0.717) is 17.2 Å². The summed E-state index contributed by atoms with van der Waals surface area (Å²) < 4.78 is 0. The average molecular weight is 343 g/mol. The molecule has 7 heteroatoms. The molecular weight excluding hydrogens is 326 g/mol. The number of rotatable bonds is 4. The minimum absolute atomic E-state index is 0.0570. The number of non-ortho nitro benzene ring substituents is 1. The van der Waals surface area contributed by atoms with Crippen LogP contribution in [-0.2, 0) is 0 Å². The van der Waals surface area contributed by atoms with E-state index in [1.54, 1.807) is 18.2 Å². The number of thiocarbonyl (C=S) groups is 1. The van der Waals surface area contributed by atoms with Gasteiger partial charge in [0, 0.05) is 23.4 Å². The van der Waals surface area contributed by atoms with Crippen molar-refractivity contribution in [3.63, 3.8) is 0 Å². The van der Waals surface area contributed by atoms with Crippen LogP contribution in [0.15, 0.2) is 48.5 Å². The Bertz CT molecular complexity index is 773. The molecule has 0 fully saturated rings. The summed E-state index contributed by atoms with van der Waals surface area (Å²) in [4.78, 5) is 22.4. The maximum absolute atomic E-state index is 12.2. The van der Waals surface area contributed by atoms with E-state index in [2.05, 4.69) is 24.5 Å². The summed E-state index contributed by atoms with van der Waals surface area (Å²) in [5, 5.41) is 16.1. The molecule has 0 aliphatic carbocycles. The highest BCUT2D eigenvalue weighted by molar-refractivity contribution is 7.80. The van der Waals surface area contributed by atoms with Crippen molar-refractivity contribution in [1.29, 1.82) is 0 Å². The number of nitro benzene ring substituents is 1. The molecule has 0 bridgehead atoms. The zero-order chi connectivity index (χ0) is 17.7. The largest absolute Gasteiger partial charge is 0.332 e. The van der Waals surface area contributed by atoms with Gasteiger partial charge in [-0.05, 0) is 41.9 Å². The molecule has 0 radical (unpaired) electrons. The smallest absolute Gasteiger partial charge is 0.271 e. The van der Waals surface area contributed by atoms with E-state index in [0.717, 1.165) is 5.56 Å². The summed E-state index contributed by atoms with van der Waals surface area (Å²) in [5.74, 6) is 0.0481. The lowest BCUT2D eigenvalue weighted by Gasteiger charge is -2.10. The number of amides is 1. The van der Waals surface area contributed by atoms with Crippen LogP contribution in [0.25, 0.3) is 0 Å². The lowest BCUT2D eigenvalue weighted by Crippen LogP contribution is -2.34. The minimum Gasteiger partial charge on any atom is -0.332 e. The predicted octanol–water partition coefficient (Wildman–Crippen LogP) is 3.85. The summed E-state index contributed by atoms with van der Waals surface area (Å²) in [7, 11) is 0. The van der Waals surface area contributed by atoms with E-state index in [1.165, 1.54) is 18.2 Å². The molecule has 2 rings (SSSR count). The third kappa shape index (κ3) is 4.60. The van der Waals surface area contributed by atoms with E-state index in [-0.39, 0.29) is 16.7 Å². The average Bonchev–Trinajstić information content (AvgIpc) is 2.55. The molecule has 0 atom stereocenters. The molecule has 0 aromatic heterocycles. The molecule has 124 valence electrons. The number of carbonyl (C=O) groups is 1. The third-order valence-electron chi connectivity index (χ3n) is 3.38. The van der Waals surface area contributed by atoms with Crippen LogP contribution in [0.2, 0.25) is 0 Å². The van der Waals surface area contributed by atoms with Crippen molar-refractivity contribution >= 4 is 34.6 Å². The lowest BCUT2D eigenvalue weighted by atomic mass is 10.0. The number of benzene rings is 2. The van der Waals surface area contributed by atoms with Crippen LogP contribution in [0.5, 0.6) is 0 Å². The van der Waals surface area contributed by atoms with Crippen LogP contribution >= 0.6 is 12.2 Å². The number of nitrogens with one attached hydrogen (secondary N) is 2. The first-order valence-corrected chi connectivity index (χ1v) is 7.74. The summed E-state index contributed by atoms with van der Waals surface area (Å²) in [6.07, 6.45) is 0. The number of nitrogens with zero attached hydrogens (tertiary/aromatic N) is 1. The van der Waals surface area contributed by atoms with Gasteiger partial charge in [0.15, 0.2) is 5.11 Å². The standard InChI is InChI=1S/C17H17N3O3S/c1-11(2)12-6-8-13(9-7-12)16(21)19-17(24)18-14-4-3-5-15(10-14)20(22)23/h3-11H,1-2H3,(H2,18,19,21,24). The van der Waals surface area contributed by atoms with Crippen molar-refractivity contribution < 1.29 is 9.72 Å². The van der Waals surface area contributed by atoms with Crippen LogP contribution in [0.1, 0.15) is 35.7 Å². The molecule has 0 unspecified atom stereocenters. The van der Waals surface area contributed by atoms with Gasteiger partial charge in [0.2, 0.25) is 0 Å². The van der Waals surface area contributed by atoms with Gasteiger partial charge in [0.05, 0.1) is 4.92 Å². The molecule has 0 aliphatic rings. The quantitative estimate of drug-likeness (QED) is 0.500. The monoisotopic (exact) mass is 343 g/mol. The zero-order valence-corrected chi connectivity index (χ0v) is 14.1. The number of hydrogen-bond donors (Lipinski definition) is 2.